The third-order valence-corrected chi connectivity index (χ3v) is 2.35. The van der Waals surface area contributed by atoms with Gasteiger partial charge in [0.25, 0.3) is 0 Å². The Hall–Kier alpha value is -1.08. The topological polar surface area (TPSA) is 39.1 Å². The predicted octanol–water partition coefficient (Wildman–Crippen LogP) is 2.35. The molecule has 1 heterocycles. The van der Waals surface area contributed by atoms with E-state index in [1.54, 1.807) is 6.33 Å². The average molecular weight is 279 g/mol. The number of aromatic nitrogens is 2. The fourth-order valence-corrected chi connectivity index (χ4v) is 1.47. The van der Waals surface area contributed by atoms with Crippen molar-refractivity contribution in [2.45, 2.75) is 45.6 Å². The number of aryl methyl sites for hydroxylation is 1. The highest BCUT2D eigenvalue weighted by atomic mass is 19.4. The van der Waals surface area contributed by atoms with Gasteiger partial charge in [0.15, 0.2) is 0 Å². The Labute approximate surface area is 111 Å². The number of nitrogens with one attached hydrogen (secondary N) is 1. The summed E-state index contributed by atoms with van der Waals surface area (Å²) in [5.41, 5.74) is 0.921. The Bertz CT molecular complexity index is 363. The van der Waals surface area contributed by atoms with Gasteiger partial charge in [0, 0.05) is 31.9 Å². The molecular weight excluding hydrogens is 259 g/mol. The maximum atomic E-state index is 11.8. The number of hydrogen-bond acceptors (Lipinski definition) is 3. The van der Waals surface area contributed by atoms with E-state index in [1.807, 2.05) is 10.8 Å². The maximum Gasteiger partial charge on any atom is 0.411 e. The molecule has 0 spiro atoms. The summed E-state index contributed by atoms with van der Waals surface area (Å²) in [5.74, 6) is 0. The first kappa shape index (κ1) is 16.0. The standard InChI is InChI=1S/C12H20F3N3O/c1-10(2)16-6-11-7-18(9-17-11)4-3-5-19-8-12(13,14)15/h7,9-10,16H,3-6,8H2,1-2H3. The zero-order valence-electron chi connectivity index (χ0n) is 11.2. The largest absolute Gasteiger partial charge is 0.411 e. The van der Waals surface area contributed by atoms with Gasteiger partial charge in [0.1, 0.15) is 6.61 Å². The van der Waals surface area contributed by atoms with Crippen LogP contribution in [0.25, 0.3) is 0 Å². The molecule has 1 aromatic rings. The van der Waals surface area contributed by atoms with Crippen LogP contribution in [0.15, 0.2) is 12.5 Å². The van der Waals surface area contributed by atoms with Gasteiger partial charge in [-0.05, 0) is 6.42 Å². The first-order valence-corrected chi connectivity index (χ1v) is 6.25. The van der Waals surface area contributed by atoms with E-state index >= 15 is 0 Å². The molecule has 0 unspecified atom stereocenters. The molecule has 4 nitrogen and oxygen atoms in total. The Kier molecular flexibility index (Phi) is 6.30. The predicted molar refractivity (Wildman–Crippen MR) is 65.7 cm³/mol. The maximum absolute atomic E-state index is 11.8. The fourth-order valence-electron chi connectivity index (χ4n) is 1.47. The van der Waals surface area contributed by atoms with E-state index in [0.717, 1.165) is 5.69 Å². The van der Waals surface area contributed by atoms with Crippen LogP contribution in [0.2, 0.25) is 0 Å². The molecular formula is C12H20F3N3O. The van der Waals surface area contributed by atoms with Crippen molar-refractivity contribution in [3.8, 4) is 0 Å². The van der Waals surface area contributed by atoms with Crippen LogP contribution in [-0.4, -0.2) is 35.0 Å². The lowest BCUT2D eigenvalue weighted by Crippen LogP contribution is -2.21. The Morgan fingerprint density at radius 1 is 1.42 bits per heavy atom. The zero-order chi connectivity index (χ0) is 14.3. The summed E-state index contributed by atoms with van der Waals surface area (Å²) >= 11 is 0. The van der Waals surface area contributed by atoms with Gasteiger partial charge in [-0.15, -0.1) is 0 Å². The van der Waals surface area contributed by atoms with Crippen molar-refractivity contribution < 1.29 is 17.9 Å². The van der Waals surface area contributed by atoms with Gasteiger partial charge < -0.3 is 14.6 Å². The number of alkyl halides is 3. The fraction of sp³-hybridized carbons (Fsp3) is 0.750. The molecule has 0 aromatic carbocycles. The van der Waals surface area contributed by atoms with Crippen molar-refractivity contribution >= 4 is 0 Å². The number of imidazole rings is 1. The van der Waals surface area contributed by atoms with Crippen molar-refractivity contribution in [2.24, 2.45) is 0 Å². The van der Waals surface area contributed by atoms with Gasteiger partial charge in [-0.1, -0.05) is 13.8 Å². The summed E-state index contributed by atoms with van der Waals surface area (Å²) in [6.45, 7) is 4.31. The number of ether oxygens (including phenoxy) is 1. The quantitative estimate of drug-likeness (QED) is 0.742. The van der Waals surface area contributed by atoms with Gasteiger partial charge >= 0.3 is 6.18 Å². The molecule has 0 aliphatic heterocycles. The lowest BCUT2D eigenvalue weighted by Gasteiger charge is -2.07. The zero-order valence-corrected chi connectivity index (χ0v) is 11.2. The molecule has 0 aliphatic rings. The minimum absolute atomic E-state index is 0.0945. The van der Waals surface area contributed by atoms with Crippen molar-refractivity contribution in [1.29, 1.82) is 0 Å². The summed E-state index contributed by atoms with van der Waals surface area (Å²) < 4.78 is 41.8. The van der Waals surface area contributed by atoms with Crippen molar-refractivity contribution in [1.82, 2.24) is 14.9 Å². The van der Waals surface area contributed by atoms with E-state index in [1.165, 1.54) is 0 Å². The average Bonchev–Trinajstić information content (AvgIpc) is 2.72. The van der Waals surface area contributed by atoms with Crippen LogP contribution in [0.3, 0.4) is 0 Å². The minimum atomic E-state index is -4.25. The summed E-state index contributed by atoms with van der Waals surface area (Å²) in [7, 11) is 0. The molecule has 1 rings (SSSR count). The molecule has 0 atom stereocenters. The highest BCUT2D eigenvalue weighted by Crippen LogP contribution is 2.14. The second-order valence-corrected chi connectivity index (χ2v) is 4.66. The Morgan fingerprint density at radius 2 is 2.16 bits per heavy atom. The van der Waals surface area contributed by atoms with Crippen molar-refractivity contribution in [3.63, 3.8) is 0 Å². The monoisotopic (exact) mass is 279 g/mol. The van der Waals surface area contributed by atoms with Crippen LogP contribution in [0.5, 0.6) is 0 Å². The molecule has 0 amide bonds. The SMILES string of the molecule is CC(C)NCc1cn(CCCOCC(F)(F)F)cn1. The first-order chi connectivity index (χ1) is 8.87. The lowest BCUT2D eigenvalue weighted by atomic mass is 10.3. The van der Waals surface area contributed by atoms with Crippen LogP contribution in [0.1, 0.15) is 26.0 Å². The van der Waals surface area contributed by atoms with Gasteiger partial charge in [0.05, 0.1) is 12.0 Å². The van der Waals surface area contributed by atoms with Gasteiger partial charge in [-0.2, -0.15) is 13.2 Å². The van der Waals surface area contributed by atoms with Crippen LogP contribution in [0, 0.1) is 0 Å². The molecule has 7 heteroatoms. The Morgan fingerprint density at radius 3 is 2.79 bits per heavy atom. The molecule has 1 aromatic heterocycles. The van der Waals surface area contributed by atoms with Gasteiger partial charge in [-0.3, -0.25) is 0 Å². The van der Waals surface area contributed by atoms with Crippen LogP contribution >= 0.6 is 0 Å². The second kappa shape index (κ2) is 7.49. The van der Waals surface area contributed by atoms with E-state index in [-0.39, 0.29) is 6.61 Å². The molecule has 110 valence electrons. The lowest BCUT2D eigenvalue weighted by molar-refractivity contribution is -0.174. The number of halogens is 3. The molecule has 0 aliphatic carbocycles. The van der Waals surface area contributed by atoms with E-state index in [9.17, 15) is 13.2 Å². The molecule has 1 N–H and O–H groups in total. The first-order valence-electron chi connectivity index (χ1n) is 6.25. The second-order valence-electron chi connectivity index (χ2n) is 4.66. The van der Waals surface area contributed by atoms with Gasteiger partial charge in [-0.25, -0.2) is 4.98 Å². The third kappa shape index (κ3) is 7.84. The summed E-state index contributed by atoms with van der Waals surface area (Å²) in [5, 5.41) is 3.24. The number of hydrogen-bond donors (Lipinski definition) is 1. The molecule has 0 saturated carbocycles. The van der Waals surface area contributed by atoms with E-state index in [0.29, 0.717) is 25.6 Å². The molecule has 0 fully saturated rings. The summed E-state index contributed by atoms with van der Waals surface area (Å²) in [6.07, 6.45) is -0.144. The smallest absolute Gasteiger partial charge is 0.372 e. The number of nitrogens with zero attached hydrogens (tertiary/aromatic N) is 2. The van der Waals surface area contributed by atoms with Crippen molar-refractivity contribution in [3.05, 3.63) is 18.2 Å². The van der Waals surface area contributed by atoms with Crippen LogP contribution < -0.4 is 5.32 Å². The third-order valence-electron chi connectivity index (χ3n) is 2.35. The summed E-state index contributed by atoms with van der Waals surface area (Å²) in [4.78, 5) is 4.21. The normalized spacial score (nSPS) is 12.3. The molecule has 0 radical (unpaired) electrons. The highest BCUT2D eigenvalue weighted by molar-refractivity contribution is 4.96. The van der Waals surface area contributed by atoms with E-state index < -0.39 is 12.8 Å². The van der Waals surface area contributed by atoms with E-state index in [4.69, 9.17) is 0 Å². The summed E-state index contributed by atoms with van der Waals surface area (Å²) in [6, 6.07) is 0.390. The van der Waals surface area contributed by atoms with Gasteiger partial charge in [0.2, 0.25) is 0 Å². The van der Waals surface area contributed by atoms with Crippen LogP contribution in [0.4, 0.5) is 13.2 Å². The van der Waals surface area contributed by atoms with Crippen molar-refractivity contribution in [2.75, 3.05) is 13.2 Å². The van der Waals surface area contributed by atoms with Crippen LogP contribution in [-0.2, 0) is 17.8 Å². The molecule has 0 bridgehead atoms. The highest BCUT2D eigenvalue weighted by Gasteiger charge is 2.27. The minimum Gasteiger partial charge on any atom is -0.372 e. The Balaban J connectivity index is 2.16. The number of rotatable bonds is 8. The molecule has 0 saturated heterocycles. The van der Waals surface area contributed by atoms with E-state index in [2.05, 4.69) is 28.9 Å². The molecule has 19 heavy (non-hydrogen) atoms.